The number of benzene rings is 2. The summed E-state index contributed by atoms with van der Waals surface area (Å²) >= 11 is 0. The number of rotatable bonds is 5. The Bertz CT molecular complexity index is 929. The SMILES string of the molecule is CC(=O)Nc1ccc(CN2CC[C@@H](Oc3ccc4c(c3)NC(=O)CC4)[C@H](O)C2)cc1. The number of carbonyl (C=O) groups is 2. The zero-order valence-corrected chi connectivity index (χ0v) is 17.1. The van der Waals surface area contributed by atoms with Crippen LogP contribution in [0.2, 0.25) is 0 Å². The molecule has 0 aromatic heterocycles. The number of piperidine rings is 1. The Kier molecular flexibility index (Phi) is 6.01. The van der Waals surface area contributed by atoms with Crippen molar-refractivity contribution in [1.29, 1.82) is 0 Å². The first-order chi connectivity index (χ1) is 14.5. The van der Waals surface area contributed by atoms with Crippen LogP contribution in [0.25, 0.3) is 0 Å². The van der Waals surface area contributed by atoms with Crippen molar-refractivity contribution in [3.05, 3.63) is 53.6 Å². The maximum Gasteiger partial charge on any atom is 0.224 e. The number of β-amino-alcohol motifs (C(OH)–C–C–N with tert-alkyl or cyclic N) is 1. The molecule has 2 heterocycles. The van der Waals surface area contributed by atoms with E-state index in [2.05, 4.69) is 15.5 Å². The van der Waals surface area contributed by atoms with Crippen molar-refractivity contribution in [3.8, 4) is 5.75 Å². The van der Waals surface area contributed by atoms with Crippen LogP contribution in [0.3, 0.4) is 0 Å². The van der Waals surface area contributed by atoms with Gasteiger partial charge in [-0.3, -0.25) is 14.5 Å². The van der Waals surface area contributed by atoms with Crippen molar-refractivity contribution in [2.45, 2.75) is 44.9 Å². The van der Waals surface area contributed by atoms with E-state index >= 15 is 0 Å². The molecule has 0 spiro atoms. The van der Waals surface area contributed by atoms with E-state index in [-0.39, 0.29) is 17.9 Å². The van der Waals surface area contributed by atoms with Crippen molar-refractivity contribution < 1.29 is 19.4 Å². The van der Waals surface area contributed by atoms with Crippen molar-refractivity contribution in [2.75, 3.05) is 23.7 Å². The molecule has 4 rings (SSSR count). The smallest absolute Gasteiger partial charge is 0.224 e. The van der Waals surface area contributed by atoms with Gasteiger partial charge in [0.2, 0.25) is 11.8 Å². The minimum Gasteiger partial charge on any atom is -0.488 e. The molecule has 0 saturated carbocycles. The Morgan fingerprint density at radius 2 is 2.03 bits per heavy atom. The number of nitrogens with zero attached hydrogens (tertiary/aromatic N) is 1. The maximum atomic E-state index is 11.6. The quantitative estimate of drug-likeness (QED) is 0.706. The average Bonchev–Trinajstić information content (AvgIpc) is 2.71. The summed E-state index contributed by atoms with van der Waals surface area (Å²) in [6, 6.07) is 13.5. The van der Waals surface area contributed by atoms with Crippen LogP contribution in [0.1, 0.15) is 30.9 Å². The van der Waals surface area contributed by atoms with Gasteiger partial charge in [-0.1, -0.05) is 18.2 Å². The summed E-state index contributed by atoms with van der Waals surface area (Å²) in [5, 5.41) is 16.3. The molecule has 7 heteroatoms. The second kappa shape index (κ2) is 8.85. The highest BCUT2D eigenvalue weighted by molar-refractivity contribution is 5.94. The van der Waals surface area contributed by atoms with Crippen LogP contribution in [0.15, 0.2) is 42.5 Å². The molecule has 30 heavy (non-hydrogen) atoms. The lowest BCUT2D eigenvalue weighted by molar-refractivity contribution is -0.116. The molecule has 7 nitrogen and oxygen atoms in total. The lowest BCUT2D eigenvalue weighted by Crippen LogP contribution is -2.48. The van der Waals surface area contributed by atoms with Gasteiger partial charge in [0, 0.05) is 50.4 Å². The highest BCUT2D eigenvalue weighted by atomic mass is 16.5. The monoisotopic (exact) mass is 409 g/mol. The van der Waals surface area contributed by atoms with Gasteiger partial charge < -0.3 is 20.5 Å². The van der Waals surface area contributed by atoms with Crippen molar-refractivity contribution >= 4 is 23.2 Å². The van der Waals surface area contributed by atoms with E-state index in [0.29, 0.717) is 25.1 Å². The molecule has 2 aliphatic rings. The molecular weight excluding hydrogens is 382 g/mol. The van der Waals surface area contributed by atoms with E-state index < -0.39 is 6.10 Å². The number of fused-ring (bicyclic) bond motifs is 1. The van der Waals surface area contributed by atoms with Gasteiger partial charge in [0.1, 0.15) is 18.0 Å². The van der Waals surface area contributed by atoms with Crippen LogP contribution >= 0.6 is 0 Å². The number of nitrogens with one attached hydrogen (secondary N) is 2. The fourth-order valence-electron chi connectivity index (χ4n) is 4.01. The molecule has 2 aromatic rings. The number of anilines is 2. The summed E-state index contributed by atoms with van der Waals surface area (Å²) in [4.78, 5) is 24.9. The van der Waals surface area contributed by atoms with Gasteiger partial charge in [-0.25, -0.2) is 0 Å². The van der Waals surface area contributed by atoms with E-state index in [1.54, 1.807) is 0 Å². The molecule has 2 amide bonds. The van der Waals surface area contributed by atoms with Crippen LogP contribution in [-0.2, 0) is 22.6 Å². The summed E-state index contributed by atoms with van der Waals surface area (Å²) in [5.41, 5.74) is 3.82. The maximum absolute atomic E-state index is 11.6. The fraction of sp³-hybridized carbons (Fsp3) is 0.391. The van der Waals surface area contributed by atoms with Crippen LogP contribution in [0.5, 0.6) is 5.75 Å². The summed E-state index contributed by atoms with van der Waals surface area (Å²) in [7, 11) is 0. The second-order valence-corrected chi connectivity index (χ2v) is 7.99. The molecule has 2 aromatic carbocycles. The third kappa shape index (κ3) is 4.98. The van der Waals surface area contributed by atoms with E-state index in [0.717, 1.165) is 42.0 Å². The van der Waals surface area contributed by atoms with Crippen LogP contribution in [0, 0.1) is 0 Å². The summed E-state index contributed by atoms with van der Waals surface area (Å²) in [6.45, 7) is 3.56. The minimum atomic E-state index is -0.594. The predicted molar refractivity (Wildman–Crippen MR) is 114 cm³/mol. The van der Waals surface area contributed by atoms with E-state index in [1.165, 1.54) is 6.92 Å². The van der Waals surface area contributed by atoms with Crippen LogP contribution in [-0.4, -0.2) is 47.1 Å². The van der Waals surface area contributed by atoms with Crippen molar-refractivity contribution in [3.63, 3.8) is 0 Å². The van der Waals surface area contributed by atoms with E-state index in [4.69, 9.17) is 4.74 Å². The normalized spacial score (nSPS) is 21.5. The summed E-state index contributed by atoms with van der Waals surface area (Å²) in [6.07, 6.45) is 1.10. The average molecular weight is 409 g/mol. The first-order valence-electron chi connectivity index (χ1n) is 10.3. The third-order valence-corrected chi connectivity index (χ3v) is 5.55. The van der Waals surface area contributed by atoms with Crippen LogP contribution in [0.4, 0.5) is 11.4 Å². The third-order valence-electron chi connectivity index (χ3n) is 5.55. The lowest BCUT2D eigenvalue weighted by atomic mass is 10.0. The molecule has 158 valence electrons. The number of likely N-dealkylation sites (tertiary alicyclic amines) is 1. The number of ether oxygens (including phenoxy) is 1. The van der Waals surface area contributed by atoms with Crippen LogP contribution < -0.4 is 15.4 Å². The molecule has 2 atom stereocenters. The molecule has 1 fully saturated rings. The number of aliphatic hydroxyl groups excluding tert-OH is 1. The topological polar surface area (TPSA) is 90.9 Å². The number of carbonyl (C=O) groups excluding carboxylic acids is 2. The minimum absolute atomic E-state index is 0.0260. The lowest BCUT2D eigenvalue weighted by Gasteiger charge is -2.36. The number of aryl methyl sites for hydroxylation is 1. The molecule has 0 bridgehead atoms. The molecule has 1 saturated heterocycles. The largest absolute Gasteiger partial charge is 0.488 e. The molecule has 0 aliphatic carbocycles. The van der Waals surface area contributed by atoms with Gasteiger partial charge in [-0.15, -0.1) is 0 Å². The van der Waals surface area contributed by atoms with Gasteiger partial charge >= 0.3 is 0 Å². The van der Waals surface area contributed by atoms with Gasteiger partial charge in [0.15, 0.2) is 0 Å². The number of aliphatic hydroxyl groups is 1. The second-order valence-electron chi connectivity index (χ2n) is 7.99. The fourth-order valence-corrected chi connectivity index (χ4v) is 4.01. The van der Waals surface area contributed by atoms with Gasteiger partial charge in [0.25, 0.3) is 0 Å². The first-order valence-corrected chi connectivity index (χ1v) is 10.3. The predicted octanol–water partition coefficient (Wildman–Crippen LogP) is 2.54. The molecule has 0 radical (unpaired) electrons. The zero-order chi connectivity index (χ0) is 21.1. The highest BCUT2D eigenvalue weighted by Gasteiger charge is 2.29. The molecule has 2 aliphatic heterocycles. The Hall–Kier alpha value is -2.90. The van der Waals surface area contributed by atoms with Crippen molar-refractivity contribution in [2.24, 2.45) is 0 Å². The summed E-state index contributed by atoms with van der Waals surface area (Å²) < 4.78 is 6.05. The Morgan fingerprint density at radius 3 is 2.77 bits per heavy atom. The molecule has 3 N–H and O–H groups in total. The van der Waals surface area contributed by atoms with E-state index in [9.17, 15) is 14.7 Å². The Labute approximate surface area is 176 Å². The molecule has 0 unspecified atom stereocenters. The van der Waals surface area contributed by atoms with Crippen molar-refractivity contribution in [1.82, 2.24) is 4.90 Å². The highest BCUT2D eigenvalue weighted by Crippen LogP contribution is 2.29. The standard InChI is InChI=1S/C23H27N3O4/c1-15(27)24-18-6-2-16(3-7-18)13-26-11-10-22(21(28)14-26)30-19-8-4-17-5-9-23(29)25-20(17)12-19/h2-4,6-8,12,21-22,28H,5,9-11,13-14H2,1H3,(H,24,27)(H,25,29)/t21-,22-/m1/s1. The van der Waals surface area contributed by atoms with E-state index in [1.807, 2.05) is 42.5 Å². The summed E-state index contributed by atoms with van der Waals surface area (Å²) in [5.74, 6) is 0.606. The van der Waals surface area contributed by atoms with Gasteiger partial charge in [0.05, 0.1) is 0 Å². The van der Waals surface area contributed by atoms with Gasteiger partial charge in [-0.05, 0) is 42.2 Å². The zero-order valence-electron chi connectivity index (χ0n) is 17.1. The molecular formula is C23H27N3O4. The van der Waals surface area contributed by atoms with Gasteiger partial charge in [-0.2, -0.15) is 0 Å². The first kappa shape index (κ1) is 20.4. The Balaban J connectivity index is 1.31. The number of amides is 2. The Morgan fingerprint density at radius 1 is 1.23 bits per heavy atom. The number of hydrogen-bond acceptors (Lipinski definition) is 5. The number of hydrogen-bond donors (Lipinski definition) is 3.